The molecule has 0 spiro atoms. The van der Waals surface area contributed by atoms with E-state index in [0.717, 1.165) is 44.7 Å². The Morgan fingerprint density at radius 3 is 2.94 bits per heavy atom. The van der Waals surface area contributed by atoms with Crippen molar-refractivity contribution in [2.75, 3.05) is 32.9 Å². The Bertz CT molecular complexity index is 217. The van der Waals surface area contributed by atoms with Crippen LogP contribution >= 0.6 is 0 Å². The third-order valence-electron chi connectivity index (χ3n) is 4.22. The molecule has 1 saturated heterocycles. The molecule has 0 aromatic rings. The summed E-state index contributed by atoms with van der Waals surface area (Å²) in [5.41, 5.74) is 0. The van der Waals surface area contributed by atoms with Crippen molar-refractivity contribution in [1.82, 2.24) is 5.32 Å². The maximum Gasteiger partial charge on any atom is 0.0700 e. The summed E-state index contributed by atoms with van der Waals surface area (Å²) in [6.07, 6.45) is 8.43. The predicted molar refractivity (Wildman–Crippen MR) is 73.8 cm³/mol. The molecule has 18 heavy (non-hydrogen) atoms. The minimum atomic E-state index is 0.448. The molecule has 3 heteroatoms. The Labute approximate surface area is 112 Å². The average Bonchev–Trinajstić information content (AvgIpc) is 2.87. The largest absolute Gasteiger partial charge is 0.380 e. The fraction of sp³-hybridized carbons (Fsp3) is 1.00. The minimum absolute atomic E-state index is 0.448. The van der Waals surface area contributed by atoms with Crippen molar-refractivity contribution in [3.63, 3.8) is 0 Å². The maximum atomic E-state index is 5.78. The number of rotatable bonds is 7. The van der Waals surface area contributed by atoms with Gasteiger partial charge in [-0.05, 0) is 37.5 Å². The van der Waals surface area contributed by atoms with E-state index >= 15 is 0 Å². The van der Waals surface area contributed by atoms with Gasteiger partial charge in [-0.15, -0.1) is 0 Å². The summed E-state index contributed by atoms with van der Waals surface area (Å²) in [6.45, 7) is 7.08. The molecule has 1 aliphatic heterocycles. The van der Waals surface area contributed by atoms with Crippen LogP contribution in [0.25, 0.3) is 0 Å². The Kier molecular flexibility index (Phi) is 6.46. The molecule has 3 unspecified atom stereocenters. The smallest absolute Gasteiger partial charge is 0.0700 e. The number of hydrogen-bond acceptors (Lipinski definition) is 3. The molecule has 3 atom stereocenters. The third-order valence-corrected chi connectivity index (χ3v) is 4.22. The van der Waals surface area contributed by atoms with Crippen molar-refractivity contribution in [3.05, 3.63) is 0 Å². The second-order valence-electron chi connectivity index (χ2n) is 6.05. The maximum absolute atomic E-state index is 5.78. The first kappa shape index (κ1) is 14.3. The molecule has 2 fully saturated rings. The zero-order chi connectivity index (χ0) is 12.6. The monoisotopic (exact) mass is 255 g/mol. The van der Waals surface area contributed by atoms with Gasteiger partial charge in [0.15, 0.2) is 0 Å². The molecule has 1 heterocycles. The second kappa shape index (κ2) is 8.13. The first-order valence-electron chi connectivity index (χ1n) is 7.74. The molecule has 2 aliphatic rings. The van der Waals surface area contributed by atoms with Gasteiger partial charge >= 0.3 is 0 Å². The summed E-state index contributed by atoms with van der Waals surface area (Å²) in [6, 6.07) is 0. The molecule has 1 aliphatic carbocycles. The summed E-state index contributed by atoms with van der Waals surface area (Å²) < 4.78 is 11.3. The molecule has 0 bridgehead atoms. The van der Waals surface area contributed by atoms with Gasteiger partial charge in [0.25, 0.3) is 0 Å². The van der Waals surface area contributed by atoms with Crippen LogP contribution in [0.15, 0.2) is 0 Å². The van der Waals surface area contributed by atoms with Gasteiger partial charge in [-0.25, -0.2) is 0 Å². The van der Waals surface area contributed by atoms with Crippen LogP contribution in [0, 0.1) is 11.8 Å². The average molecular weight is 255 g/mol. The molecule has 0 aromatic heterocycles. The Balaban J connectivity index is 1.41. The summed E-state index contributed by atoms with van der Waals surface area (Å²) in [4.78, 5) is 0. The second-order valence-corrected chi connectivity index (χ2v) is 6.05. The molecule has 2 rings (SSSR count). The molecular formula is C15H29NO2. The molecule has 3 nitrogen and oxygen atoms in total. The normalized spacial score (nSPS) is 32.8. The number of nitrogens with one attached hydrogen (secondary N) is 1. The highest BCUT2D eigenvalue weighted by atomic mass is 16.5. The van der Waals surface area contributed by atoms with E-state index < -0.39 is 0 Å². The van der Waals surface area contributed by atoms with E-state index in [1.165, 1.54) is 38.5 Å². The van der Waals surface area contributed by atoms with Gasteiger partial charge in [0.2, 0.25) is 0 Å². The minimum Gasteiger partial charge on any atom is -0.380 e. The molecule has 106 valence electrons. The lowest BCUT2D eigenvalue weighted by atomic mass is 9.83. The standard InChI is InChI=1S/C15H29NO2/c1-13-4-2-5-14(10-13)12-17-9-7-16-11-15-6-3-8-18-15/h13-16H,2-12H2,1H3. The van der Waals surface area contributed by atoms with Crippen molar-refractivity contribution >= 4 is 0 Å². The van der Waals surface area contributed by atoms with E-state index in [1.807, 2.05) is 0 Å². The fourth-order valence-corrected chi connectivity index (χ4v) is 3.17. The summed E-state index contributed by atoms with van der Waals surface area (Å²) in [5, 5.41) is 3.42. The lowest BCUT2D eigenvalue weighted by Crippen LogP contribution is -2.29. The highest BCUT2D eigenvalue weighted by Crippen LogP contribution is 2.28. The van der Waals surface area contributed by atoms with E-state index in [9.17, 15) is 0 Å². The van der Waals surface area contributed by atoms with Gasteiger partial charge in [-0.3, -0.25) is 0 Å². The highest BCUT2D eigenvalue weighted by Gasteiger charge is 2.18. The molecule has 1 saturated carbocycles. The Morgan fingerprint density at radius 2 is 2.17 bits per heavy atom. The summed E-state index contributed by atoms with van der Waals surface area (Å²) >= 11 is 0. The van der Waals surface area contributed by atoms with Crippen LogP contribution in [0.3, 0.4) is 0 Å². The van der Waals surface area contributed by atoms with Crippen LogP contribution in [0.1, 0.15) is 45.4 Å². The summed E-state index contributed by atoms with van der Waals surface area (Å²) in [7, 11) is 0. The van der Waals surface area contributed by atoms with E-state index in [0.29, 0.717) is 6.10 Å². The zero-order valence-electron chi connectivity index (χ0n) is 11.8. The van der Waals surface area contributed by atoms with Gasteiger partial charge in [0, 0.05) is 26.3 Å². The molecule has 0 radical (unpaired) electrons. The van der Waals surface area contributed by atoms with Gasteiger partial charge < -0.3 is 14.8 Å². The van der Waals surface area contributed by atoms with E-state index in [-0.39, 0.29) is 0 Å². The Morgan fingerprint density at radius 1 is 1.22 bits per heavy atom. The van der Waals surface area contributed by atoms with Crippen LogP contribution in [-0.2, 0) is 9.47 Å². The van der Waals surface area contributed by atoms with Crippen molar-refractivity contribution in [3.8, 4) is 0 Å². The van der Waals surface area contributed by atoms with E-state index in [1.54, 1.807) is 0 Å². The van der Waals surface area contributed by atoms with Crippen LogP contribution in [0.5, 0.6) is 0 Å². The van der Waals surface area contributed by atoms with Crippen LogP contribution in [-0.4, -0.2) is 39.0 Å². The van der Waals surface area contributed by atoms with Crippen LogP contribution in [0.2, 0.25) is 0 Å². The molecule has 1 N–H and O–H groups in total. The zero-order valence-corrected chi connectivity index (χ0v) is 11.8. The van der Waals surface area contributed by atoms with Crippen LogP contribution < -0.4 is 5.32 Å². The van der Waals surface area contributed by atoms with Gasteiger partial charge in [0.05, 0.1) is 12.7 Å². The SMILES string of the molecule is CC1CCCC(COCCNCC2CCCO2)C1. The van der Waals surface area contributed by atoms with Crippen LogP contribution in [0.4, 0.5) is 0 Å². The van der Waals surface area contributed by atoms with Gasteiger partial charge in [-0.1, -0.05) is 19.8 Å². The molecule has 0 aromatic carbocycles. The van der Waals surface area contributed by atoms with Crippen molar-refractivity contribution in [2.24, 2.45) is 11.8 Å². The quantitative estimate of drug-likeness (QED) is 0.709. The number of ether oxygens (including phenoxy) is 2. The molecule has 0 amide bonds. The summed E-state index contributed by atoms with van der Waals surface area (Å²) in [5.74, 6) is 1.72. The fourth-order valence-electron chi connectivity index (χ4n) is 3.17. The lowest BCUT2D eigenvalue weighted by molar-refractivity contribution is 0.0731. The van der Waals surface area contributed by atoms with Gasteiger partial charge in [0.1, 0.15) is 0 Å². The highest BCUT2D eigenvalue weighted by molar-refractivity contribution is 4.70. The third kappa shape index (κ3) is 5.25. The first-order chi connectivity index (χ1) is 8.84. The lowest BCUT2D eigenvalue weighted by Gasteiger charge is -2.26. The van der Waals surface area contributed by atoms with Gasteiger partial charge in [-0.2, -0.15) is 0 Å². The first-order valence-corrected chi connectivity index (χ1v) is 7.74. The van der Waals surface area contributed by atoms with Crippen molar-refractivity contribution in [1.29, 1.82) is 0 Å². The topological polar surface area (TPSA) is 30.5 Å². The molecular weight excluding hydrogens is 226 g/mol. The Hall–Kier alpha value is -0.120. The van der Waals surface area contributed by atoms with E-state index in [2.05, 4.69) is 12.2 Å². The number of hydrogen-bond donors (Lipinski definition) is 1. The predicted octanol–water partition coefficient (Wildman–Crippen LogP) is 2.60. The van der Waals surface area contributed by atoms with Crippen molar-refractivity contribution < 1.29 is 9.47 Å². The van der Waals surface area contributed by atoms with E-state index in [4.69, 9.17) is 9.47 Å². The van der Waals surface area contributed by atoms with Crippen molar-refractivity contribution in [2.45, 2.75) is 51.6 Å².